The van der Waals surface area contributed by atoms with Crippen LogP contribution in [-0.2, 0) is 11.2 Å². The molecule has 5 rings (SSSR count). The Morgan fingerprint density at radius 1 is 0.949 bits per heavy atom. The van der Waals surface area contributed by atoms with Crippen molar-refractivity contribution in [2.45, 2.75) is 25.3 Å². The average molecular weight is 523 g/mol. The van der Waals surface area contributed by atoms with Crippen molar-refractivity contribution in [3.63, 3.8) is 0 Å². The molecule has 0 spiro atoms. The Kier molecular flexibility index (Phi) is 7.56. The third-order valence-corrected chi connectivity index (χ3v) is 6.90. The van der Waals surface area contributed by atoms with Gasteiger partial charge in [-0.05, 0) is 60.7 Å². The summed E-state index contributed by atoms with van der Waals surface area (Å²) in [5.41, 5.74) is 11.1. The van der Waals surface area contributed by atoms with E-state index in [2.05, 4.69) is 4.98 Å². The number of carbonyl (C=O) groups is 2. The summed E-state index contributed by atoms with van der Waals surface area (Å²) in [6.07, 6.45) is 1.62. The van der Waals surface area contributed by atoms with Crippen molar-refractivity contribution in [2.75, 3.05) is 18.0 Å². The van der Waals surface area contributed by atoms with Gasteiger partial charge in [0.25, 0.3) is 5.91 Å². The largest absolute Gasteiger partial charge is 0.508 e. The summed E-state index contributed by atoms with van der Waals surface area (Å²) in [5, 5.41) is 19.4. The van der Waals surface area contributed by atoms with E-state index in [-0.39, 0.29) is 17.4 Å². The number of phenols is 1. The molecule has 4 aromatic rings. The van der Waals surface area contributed by atoms with Crippen LogP contribution in [0.15, 0.2) is 89.9 Å². The minimum absolute atomic E-state index is 0.0172. The number of aromatic hydroxyl groups is 1. The first-order chi connectivity index (χ1) is 18.9. The number of nitrogens with two attached hydrogens (primary N) is 1. The highest BCUT2D eigenvalue weighted by molar-refractivity contribution is 6.20. The van der Waals surface area contributed by atoms with Gasteiger partial charge in [0.15, 0.2) is 0 Å². The minimum Gasteiger partial charge on any atom is -0.508 e. The molecule has 0 unspecified atom stereocenters. The van der Waals surface area contributed by atoms with E-state index in [0.717, 1.165) is 22.3 Å². The van der Waals surface area contributed by atoms with E-state index in [1.807, 2.05) is 54.6 Å². The number of hydrogen-bond acceptors (Lipinski definition) is 5. The molecule has 0 bridgehead atoms. The number of carboxylic acids is 1. The van der Waals surface area contributed by atoms with Crippen molar-refractivity contribution >= 4 is 23.3 Å². The van der Waals surface area contributed by atoms with Gasteiger partial charge in [0.1, 0.15) is 17.5 Å². The molecule has 0 saturated heterocycles. The Bertz CT molecular complexity index is 1490. The number of aromatic carboxylic acids is 1. The number of anilines is 1. The van der Waals surface area contributed by atoms with Crippen LogP contribution >= 0.6 is 0 Å². The maximum absolute atomic E-state index is 13.9. The fourth-order valence-electron chi connectivity index (χ4n) is 4.83. The molecular weight excluding hydrogens is 492 g/mol. The predicted octanol–water partition coefficient (Wildman–Crippen LogP) is 4.62. The van der Waals surface area contributed by atoms with Crippen molar-refractivity contribution in [1.29, 1.82) is 0 Å². The molecule has 0 aliphatic carbocycles. The summed E-state index contributed by atoms with van der Waals surface area (Å²) in [6.45, 7) is 0.755. The first-order valence-electron chi connectivity index (χ1n) is 12.9. The highest BCUT2D eigenvalue weighted by Gasteiger charge is 2.34. The Hall–Kier alpha value is -4.69. The SMILES string of the molecule is NCCC[C@@H]1N=C(c2ccc(-c3ccccc3)cc2)c2[nH]c(C(=O)O)cc2N(CCc2ccc(O)cc2)C1=O. The first kappa shape index (κ1) is 25.9. The van der Waals surface area contributed by atoms with E-state index in [0.29, 0.717) is 49.4 Å². The molecule has 198 valence electrons. The zero-order valence-electron chi connectivity index (χ0n) is 21.4. The summed E-state index contributed by atoms with van der Waals surface area (Å²) in [4.78, 5) is 35.4. The number of amides is 1. The number of fused-ring (bicyclic) bond motifs is 1. The molecule has 8 nitrogen and oxygen atoms in total. The van der Waals surface area contributed by atoms with Gasteiger partial charge >= 0.3 is 5.97 Å². The van der Waals surface area contributed by atoms with Crippen LogP contribution in [0.5, 0.6) is 5.75 Å². The van der Waals surface area contributed by atoms with E-state index in [1.54, 1.807) is 29.2 Å². The third kappa shape index (κ3) is 5.61. The fraction of sp³-hybridized carbons (Fsp3) is 0.194. The normalized spacial score (nSPS) is 15.0. The van der Waals surface area contributed by atoms with Gasteiger partial charge in [-0.3, -0.25) is 9.79 Å². The third-order valence-electron chi connectivity index (χ3n) is 6.90. The molecule has 39 heavy (non-hydrogen) atoms. The lowest BCUT2D eigenvalue weighted by Crippen LogP contribution is -2.39. The van der Waals surface area contributed by atoms with Crippen molar-refractivity contribution < 1.29 is 19.8 Å². The summed E-state index contributed by atoms with van der Waals surface area (Å²) >= 11 is 0. The highest BCUT2D eigenvalue weighted by atomic mass is 16.4. The van der Waals surface area contributed by atoms with Crippen LogP contribution in [0.4, 0.5) is 5.69 Å². The molecule has 0 radical (unpaired) electrons. The number of carbonyl (C=O) groups excluding carboxylic acids is 1. The van der Waals surface area contributed by atoms with Gasteiger partial charge in [0.05, 0.1) is 17.1 Å². The van der Waals surface area contributed by atoms with Crippen LogP contribution in [0.1, 0.15) is 40.2 Å². The number of rotatable bonds is 9. The predicted molar refractivity (Wildman–Crippen MR) is 152 cm³/mol. The van der Waals surface area contributed by atoms with Gasteiger partial charge in [0.2, 0.25) is 0 Å². The van der Waals surface area contributed by atoms with E-state index in [9.17, 15) is 19.8 Å². The van der Waals surface area contributed by atoms with Crippen LogP contribution in [-0.4, -0.2) is 51.9 Å². The number of aromatic nitrogens is 1. The molecule has 0 fully saturated rings. The average Bonchev–Trinajstić information content (AvgIpc) is 3.36. The number of nitrogens with one attached hydrogen (secondary N) is 1. The molecule has 1 aliphatic heterocycles. The second-order valence-corrected chi connectivity index (χ2v) is 9.52. The Balaban J connectivity index is 1.56. The molecular formula is C31H30N4O4. The topological polar surface area (TPSA) is 132 Å². The van der Waals surface area contributed by atoms with Gasteiger partial charge in [-0.15, -0.1) is 0 Å². The van der Waals surface area contributed by atoms with Crippen LogP contribution in [0.25, 0.3) is 11.1 Å². The molecule has 1 amide bonds. The zero-order valence-corrected chi connectivity index (χ0v) is 21.4. The van der Waals surface area contributed by atoms with Gasteiger partial charge in [-0.1, -0.05) is 66.7 Å². The zero-order chi connectivity index (χ0) is 27.4. The second kappa shape index (κ2) is 11.4. The van der Waals surface area contributed by atoms with Crippen LogP contribution in [0.2, 0.25) is 0 Å². The van der Waals surface area contributed by atoms with Gasteiger partial charge in [-0.2, -0.15) is 0 Å². The van der Waals surface area contributed by atoms with Gasteiger partial charge in [0, 0.05) is 12.1 Å². The van der Waals surface area contributed by atoms with Crippen molar-refractivity contribution in [3.05, 3.63) is 107 Å². The fourth-order valence-corrected chi connectivity index (χ4v) is 4.83. The summed E-state index contributed by atoms with van der Waals surface area (Å²) in [6, 6.07) is 25.6. The molecule has 5 N–H and O–H groups in total. The molecule has 1 aromatic heterocycles. The van der Waals surface area contributed by atoms with Crippen LogP contribution in [0.3, 0.4) is 0 Å². The Morgan fingerprint density at radius 3 is 2.28 bits per heavy atom. The number of H-pyrrole nitrogens is 1. The van der Waals surface area contributed by atoms with E-state index >= 15 is 0 Å². The second-order valence-electron chi connectivity index (χ2n) is 9.52. The minimum atomic E-state index is -1.12. The molecule has 8 heteroatoms. The number of carboxylic acid groups (broad SMARTS) is 1. The first-order valence-corrected chi connectivity index (χ1v) is 12.9. The smallest absolute Gasteiger partial charge is 0.352 e. The lowest BCUT2D eigenvalue weighted by molar-refractivity contribution is -0.119. The summed E-state index contributed by atoms with van der Waals surface area (Å²) < 4.78 is 0. The molecule has 1 atom stereocenters. The van der Waals surface area contributed by atoms with Crippen molar-refractivity contribution in [3.8, 4) is 16.9 Å². The van der Waals surface area contributed by atoms with Crippen molar-refractivity contribution in [1.82, 2.24) is 4.98 Å². The lowest BCUT2D eigenvalue weighted by Gasteiger charge is -2.24. The van der Waals surface area contributed by atoms with Crippen LogP contribution in [0, 0.1) is 0 Å². The van der Waals surface area contributed by atoms with Crippen LogP contribution < -0.4 is 10.6 Å². The van der Waals surface area contributed by atoms with E-state index in [4.69, 9.17) is 10.7 Å². The molecule has 3 aromatic carbocycles. The number of phenolic OH excluding ortho intramolecular Hbond substituents is 1. The maximum atomic E-state index is 13.9. The molecule has 0 saturated carbocycles. The van der Waals surface area contributed by atoms with Crippen molar-refractivity contribution in [2.24, 2.45) is 10.7 Å². The van der Waals surface area contributed by atoms with Gasteiger partial charge in [-0.25, -0.2) is 4.79 Å². The number of nitrogens with zero attached hydrogens (tertiary/aromatic N) is 2. The highest BCUT2D eigenvalue weighted by Crippen LogP contribution is 2.32. The van der Waals surface area contributed by atoms with E-state index < -0.39 is 12.0 Å². The molecule has 1 aliphatic rings. The number of aliphatic imine (C=N–C) groups is 1. The maximum Gasteiger partial charge on any atom is 0.352 e. The monoisotopic (exact) mass is 522 g/mol. The standard InChI is InChI=1S/C31H30N4O4/c32-17-4-7-25-30(37)35(18-16-20-8-14-24(36)15-9-20)27-19-26(31(38)39)34-29(27)28(33-25)23-12-10-22(11-13-23)21-5-2-1-3-6-21/h1-3,5-6,8-15,19,25,34,36H,4,7,16-18,32H2,(H,38,39)/t25-/m0/s1. The number of aromatic amines is 1. The number of hydrogen-bond donors (Lipinski definition) is 4. The quantitative estimate of drug-likeness (QED) is 0.255. The molecule has 2 heterocycles. The van der Waals surface area contributed by atoms with E-state index in [1.165, 1.54) is 6.07 Å². The number of benzene rings is 3. The van der Waals surface area contributed by atoms with Gasteiger partial charge < -0.3 is 25.8 Å². The Labute approximate surface area is 226 Å². The lowest BCUT2D eigenvalue weighted by atomic mass is 10.0. The summed E-state index contributed by atoms with van der Waals surface area (Å²) in [7, 11) is 0. The Morgan fingerprint density at radius 2 is 1.62 bits per heavy atom. The summed E-state index contributed by atoms with van der Waals surface area (Å²) in [5.74, 6) is -1.15.